The number of aliphatic hydroxyl groups is 2. The van der Waals surface area contributed by atoms with Crippen LogP contribution in [0.15, 0.2) is 0 Å². The molecule has 4 nitrogen and oxygen atoms in total. The second kappa shape index (κ2) is 6.03. The monoisotopic (exact) mass is 350 g/mol. The normalized spacial score (nSPS) is 55.4. The maximum Gasteiger partial charge on any atom is 0.139 e. The lowest BCUT2D eigenvalue weighted by atomic mass is 9.44. The number of fused-ring (bicyclic) bond motifs is 5. The van der Waals surface area contributed by atoms with Crippen LogP contribution in [0.1, 0.15) is 65.7 Å². The third kappa shape index (κ3) is 2.47. The molecule has 4 rings (SSSR count). The highest BCUT2D eigenvalue weighted by Crippen LogP contribution is 2.65. The molecule has 4 saturated carbocycles. The number of carbonyl (C=O) groups excluding carboxylic acids is 1. The highest BCUT2D eigenvalue weighted by molar-refractivity contribution is 5.87. The van der Waals surface area contributed by atoms with E-state index in [0.717, 1.165) is 32.1 Å². The Kier molecular flexibility index (Phi) is 4.33. The number of hydrogen-bond acceptors (Lipinski definition) is 4. The Bertz CT molecular complexity index is 548. The van der Waals surface area contributed by atoms with E-state index in [1.807, 2.05) is 6.92 Å². The van der Waals surface area contributed by atoms with Crippen molar-refractivity contribution in [3.8, 4) is 0 Å². The van der Waals surface area contributed by atoms with Gasteiger partial charge in [0.05, 0.1) is 18.3 Å². The van der Waals surface area contributed by atoms with Crippen molar-refractivity contribution in [2.75, 3.05) is 6.61 Å². The van der Waals surface area contributed by atoms with Crippen LogP contribution in [0.2, 0.25) is 0 Å². The quantitative estimate of drug-likeness (QED) is 0.803. The largest absolute Gasteiger partial charge is 0.393 e. The molecule has 0 spiro atoms. The first-order valence-electron chi connectivity index (χ1n) is 10.3. The zero-order valence-electron chi connectivity index (χ0n) is 15.9. The van der Waals surface area contributed by atoms with E-state index in [1.54, 1.807) is 0 Å². The Hall–Kier alpha value is -0.450. The van der Waals surface area contributed by atoms with Gasteiger partial charge in [0.15, 0.2) is 0 Å². The fourth-order valence-electron chi connectivity index (χ4n) is 7.54. The Morgan fingerprint density at radius 3 is 2.60 bits per heavy atom. The minimum absolute atomic E-state index is 0.00830. The third-order valence-corrected chi connectivity index (χ3v) is 8.68. The van der Waals surface area contributed by atoms with Crippen LogP contribution in [0, 0.1) is 34.5 Å². The zero-order valence-corrected chi connectivity index (χ0v) is 15.9. The van der Waals surface area contributed by atoms with Gasteiger partial charge in [-0.25, -0.2) is 0 Å². The standard InChI is InChI=1S/C21H34O4/c1-4-25-17-11-20(2)12(9-15(17)22)5-6-13-14-7-8-18(24)21(14,3)10-16(23)19(13)20/h12-17,19,22-23H,4-11H2,1-3H3. The highest BCUT2D eigenvalue weighted by atomic mass is 16.5. The summed E-state index contributed by atoms with van der Waals surface area (Å²) in [5.41, 5.74) is -0.300. The van der Waals surface area contributed by atoms with Gasteiger partial charge in [-0.05, 0) is 74.5 Å². The minimum atomic E-state index is -0.404. The van der Waals surface area contributed by atoms with Crippen molar-refractivity contribution in [2.45, 2.75) is 84.0 Å². The van der Waals surface area contributed by atoms with Crippen molar-refractivity contribution >= 4 is 5.78 Å². The maximum absolute atomic E-state index is 12.5. The van der Waals surface area contributed by atoms with Crippen LogP contribution < -0.4 is 0 Å². The van der Waals surface area contributed by atoms with Gasteiger partial charge in [-0.2, -0.15) is 0 Å². The third-order valence-electron chi connectivity index (χ3n) is 8.68. The number of ether oxygens (including phenoxy) is 1. The van der Waals surface area contributed by atoms with Crippen molar-refractivity contribution in [1.82, 2.24) is 0 Å². The first kappa shape index (κ1) is 17.9. The van der Waals surface area contributed by atoms with Crippen LogP contribution in [0.3, 0.4) is 0 Å². The van der Waals surface area contributed by atoms with Crippen LogP contribution in [0.25, 0.3) is 0 Å². The van der Waals surface area contributed by atoms with E-state index in [2.05, 4.69) is 13.8 Å². The summed E-state index contributed by atoms with van der Waals surface area (Å²) in [4.78, 5) is 12.5. The molecule has 4 fully saturated rings. The predicted molar refractivity (Wildman–Crippen MR) is 94.9 cm³/mol. The average molecular weight is 350 g/mol. The fourth-order valence-corrected chi connectivity index (χ4v) is 7.54. The molecule has 0 aliphatic heterocycles. The summed E-state index contributed by atoms with van der Waals surface area (Å²) in [5.74, 6) is 1.94. The molecule has 0 bridgehead atoms. The van der Waals surface area contributed by atoms with Crippen LogP contribution in [0.5, 0.6) is 0 Å². The van der Waals surface area contributed by atoms with Gasteiger partial charge in [0.25, 0.3) is 0 Å². The Labute approximate surface area is 151 Å². The SMILES string of the molecule is CCOC1CC2(C)C(CCC3C4CCC(=O)C4(C)CC(O)C32)CC1O. The van der Waals surface area contributed by atoms with E-state index in [9.17, 15) is 15.0 Å². The van der Waals surface area contributed by atoms with Crippen molar-refractivity contribution in [2.24, 2.45) is 34.5 Å². The molecule has 0 heterocycles. The van der Waals surface area contributed by atoms with Crippen molar-refractivity contribution < 1.29 is 19.7 Å². The Morgan fingerprint density at radius 2 is 1.88 bits per heavy atom. The van der Waals surface area contributed by atoms with Crippen LogP contribution in [-0.4, -0.2) is 40.9 Å². The van der Waals surface area contributed by atoms with E-state index in [4.69, 9.17) is 4.74 Å². The van der Waals surface area contributed by atoms with E-state index >= 15 is 0 Å². The lowest BCUT2D eigenvalue weighted by molar-refractivity contribution is -0.199. The van der Waals surface area contributed by atoms with Gasteiger partial charge in [0.1, 0.15) is 5.78 Å². The molecule has 25 heavy (non-hydrogen) atoms. The minimum Gasteiger partial charge on any atom is -0.393 e. The van der Waals surface area contributed by atoms with Gasteiger partial charge in [0, 0.05) is 18.4 Å². The number of carbonyl (C=O) groups is 1. The van der Waals surface area contributed by atoms with Gasteiger partial charge in [-0.3, -0.25) is 4.79 Å². The highest BCUT2D eigenvalue weighted by Gasteiger charge is 2.64. The first-order chi connectivity index (χ1) is 11.8. The van der Waals surface area contributed by atoms with Crippen molar-refractivity contribution in [3.05, 3.63) is 0 Å². The lowest BCUT2D eigenvalue weighted by Crippen LogP contribution is -2.61. The zero-order chi connectivity index (χ0) is 18.0. The van der Waals surface area contributed by atoms with E-state index in [1.165, 1.54) is 0 Å². The Balaban J connectivity index is 1.66. The first-order valence-corrected chi connectivity index (χ1v) is 10.3. The summed E-state index contributed by atoms with van der Waals surface area (Å²) in [7, 11) is 0. The van der Waals surface area contributed by atoms with Gasteiger partial charge >= 0.3 is 0 Å². The molecule has 9 atom stereocenters. The van der Waals surface area contributed by atoms with Gasteiger partial charge < -0.3 is 14.9 Å². The molecule has 0 radical (unpaired) electrons. The molecule has 142 valence electrons. The molecule has 0 aromatic carbocycles. The second-order valence-corrected chi connectivity index (χ2v) is 9.73. The van der Waals surface area contributed by atoms with Crippen LogP contribution in [0.4, 0.5) is 0 Å². The summed E-state index contributed by atoms with van der Waals surface area (Å²) in [5, 5.41) is 21.7. The average Bonchev–Trinajstić information content (AvgIpc) is 2.83. The van der Waals surface area contributed by atoms with E-state index < -0.39 is 6.10 Å². The van der Waals surface area contributed by atoms with Gasteiger partial charge in [0.2, 0.25) is 0 Å². The fraction of sp³-hybridized carbons (Fsp3) is 0.952. The predicted octanol–water partition coefficient (Wildman–Crippen LogP) is 2.94. The number of rotatable bonds is 2. The molecule has 0 aromatic heterocycles. The molecule has 4 heteroatoms. The van der Waals surface area contributed by atoms with Crippen LogP contribution >= 0.6 is 0 Å². The number of Topliss-reactive ketones (excluding diaryl/α,β-unsaturated/α-hetero) is 1. The molecule has 2 N–H and O–H groups in total. The molecule has 4 aliphatic rings. The molecule has 4 aliphatic carbocycles. The summed E-state index contributed by atoms with van der Waals surface area (Å²) in [6.07, 6.45) is 5.26. The number of aliphatic hydroxyl groups excluding tert-OH is 2. The summed E-state index contributed by atoms with van der Waals surface area (Å²) < 4.78 is 5.86. The number of hydrogen-bond donors (Lipinski definition) is 2. The maximum atomic E-state index is 12.5. The van der Waals surface area contributed by atoms with Gasteiger partial charge in [-0.1, -0.05) is 13.8 Å². The molecule has 9 unspecified atom stereocenters. The van der Waals surface area contributed by atoms with E-state index in [-0.39, 0.29) is 29.0 Å². The second-order valence-electron chi connectivity index (χ2n) is 9.73. The smallest absolute Gasteiger partial charge is 0.139 e. The Morgan fingerprint density at radius 1 is 1.12 bits per heavy atom. The molecular weight excluding hydrogens is 316 g/mol. The van der Waals surface area contributed by atoms with Crippen LogP contribution in [-0.2, 0) is 9.53 Å². The summed E-state index contributed by atoms with van der Waals surface area (Å²) >= 11 is 0. The van der Waals surface area contributed by atoms with Crippen molar-refractivity contribution in [1.29, 1.82) is 0 Å². The molecule has 0 aromatic rings. The van der Waals surface area contributed by atoms with E-state index in [0.29, 0.717) is 43.0 Å². The molecule has 0 saturated heterocycles. The lowest BCUT2D eigenvalue weighted by Gasteiger charge is -2.62. The molecule has 0 amide bonds. The van der Waals surface area contributed by atoms with Gasteiger partial charge in [-0.15, -0.1) is 0 Å². The molecular formula is C21H34O4. The number of ketones is 1. The van der Waals surface area contributed by atoms with Crippen molar-refractivity contribution in [3.63, 3.8) is 0 Å². The summed E-state index contributed by atoms with van der Waals surface area (Å²) in [6, 6.07) is 0. The summed E-state index contributed by atoms with van der Waals surface area (Å²) in [6.45, 7) is 7.04. The topological polar surface area (TPSA) is 66.8 Å².